The van der Waals surface area contributed by atoms with Crippen molar-refractivity contribution in [2.45, 2.75) is 57.4 Å². The van der Waals surface area contributed by atoms with E-state index in [1.54, 1.807) is 0 Å². The lowest BCUT2D eigenvalue weighted by atomic mass is 9.90. The lowest BCUT2D eigenvalue weighted by molar-refractivity contribution is -0.123. The molecule has 1 fully saturated rings. The summed E-state index contributed by atoms with van der Waals surface area (Å²) in [7, 11) is 0. The van der Waals surface area contributed by atoms with Crippen molar-refractivity contribution in [1.29, 1.82) is 0 Å². The van der Waals surface area contributed by atoms with Crippen LogP contribution in [0.4, 0.5) is 0 Å². The van der Waals surface area contributed by atoms with E-state index in [1.165, 1.54) is 38.5 Å². The molecule has 0 radical (unpaired) electrons. The van der Waals surface area contributed by atoms with Gasteiger partial charge in [0.25, 0.3) is 0 Å². The van der Waals surface area contributed by atoms with Crippen LogP contribution in [-0.4, -0.2) is 12.5 Å². The molecule has 0 aliphatic heterocycles. The van der Waals surface area contributed by atoms with Gasteiger partial charge in [-0.25, -0.2) is 0 Å². The van der Waals surface area contributed by atoms with Crippen molar-refractivity contribution >= 4 is 5.91 Å². The Morgan fingerprint density at radius 2 is 1.81 bits per heavy atom. The van der Waals surface area contributed by atoms with Crippen molar-refractivity contribution in [2.75, 3.05) is 6.54 Å². The highest BCUT2D eigenvalue weighted by molar-refractivity contribution is 5.77. The fourth-order valence-electron chi connectivity index (χ4n) is 3.24. The molecule has 2 rings (SSSR count). The van der Waals surface area contributed by atoms with Crippen LogP contribution in [-0.2, 0) is 10.3 Å². The van der Waals surface area contributed by atoms with Gasteiger partial charge in [0.1, 0.15) is 0 Å². The maximum atomic E-state index is 12.4. The zero-order valence-electron chi connectivity index (χ0n) is 13.1. The zero-order valence-corrected chi connectivity index (χ0v) is 13.1. The number of rotatable bonds is 5. The molecular weight excluding hydrogens is 260 g/mol. The van der Waals surface area contributed by atoms with Gasteiger partial charge in [-0.1, -0.05) is 56.0 Å². The first-order valence-electron chi connectivity index (χ1n) is 8.20. The van der Waals surface area contributed by atoms with Crippen molar-refractivity contribution in [1.82, 2.24) is 5.32 Å². The lowest BCUT2D eigenvalue weighted by Crippen LogP contribution is -2.49. The van der Waals surface area contributed by atoms with E-state index < -0.39 is 5.54 Å². The number of hydrogen-bond acceptors (Lipinski definition) is 2. The minimum Gasteiger partial charge on any atom is -0.346 e. The lowest BCUT2D eigenvalue weighted by Gasteiger charge is -2.30. The number of benzene rings is 1. The van der Waals surface area contributed by atoms with Crippen molar-refractivity contribution in [3.8, 4) is 0 Å². The van der Waals surface area contributed by atoms with Gasteiger partial charge in [-0.05, 0) is 31.2 Å². The molecule has 1 amide bonds. The van der Waals surface area contributed by atoms with E-state index in [2.05, 4.69) is 5.32 Å². The van der Waals surface area contributed by atoms with E-state index in [1.807, 2.05) is 37.3 Å². The topological polar surface area (TPSA) is 55.1 Å². The number of carbonyl (C=O) groups is 1. The Balaban J connectivity index is 1.96. The van der Waals surface area contributed by atoms with Gasteiger partial charge in [0, 0.05) is 13.0 Å². The quantitative estimate of drug-likeness (QED) is 0.816. The van der Waals surface area contributed by atoms with Gasteiger partial charge in [0.2, 0.25) is 5.91 Å². The van der Waals surface area contributed by atoms with Crippen LogP contribution in [0.5, 0.6) is 0 Å². The first kappa shape index (κ1) is 16.0. The second-order valence-electron chi connectivity index (χ2n) is 6.51. The average Bonchev–Trinajstić information content (AvgIpc) is 2.76. The SMILES string of the molecule is CC(CN)(NC(=O)CC1CCCCCC1)c1ccccc1. The Bertz CT molecular complexity index is 438. The van der Waals surface area contributed by atoms with Gasteiger partial charge in [0.15, 0.2) is 0 Å². The first-order chi connectivity index (χ1) is 10.1. The van der Waals surface area contributed by atoms with Crippen LogP contribution in [0, 0.1) is 5.92 Å². The molecule has 1 unspecified atom stereocenters. The minimum atomic E-state index is -0.469. The molecule has 0 heterocycles. The highest BCUT2D eigenvalue weighted by Crippen LogP contribution is 2.26. The van der Waals surface area contributed by atoms with E-state index >= 15 is 0 Å². The van der Waals surface area contributed by atoms with Crippen LogP contribution in [0.2, 0.25) is 0 Å². The molecule has 0 spiro atoms. The summed E-state index contributed by atoms with van der Waals surface area (Å²) in [4.78, 5) is 12.4. The number of hydrogen-bond donors (Lipinski definition) is 2. The third kappa shape index (κ3) is 4.57. The molecule has 3 heteroatoms. The largest absolute Gasteiger partial charge is 0.346 e. The third-order valence-electron chi connectivity index (χ3n) is 4.68. The molecule has 1 aromatic carbocycles. The standard InChI is InChI=1S/C18H28N2O/c1-18(14-19,16-11-7-4-8-12-16)20-17(21)13-15-9-5-2-3-6-10-15/h4,7-8,11-12,15H,2-3,5-6,9-10,13-14,19H2,1H3,(H,20,21). The molecule has 1 saturated carbocycles. The number of nitrogens with two attached hydrogens (primary N) is 1. The zero-order chi connectivity index (χ0) is 15.1. The molecule has 0 aromatic heterocycles. The summed E-state index contributed by atoms with van der Waals surface area (Å²) in [5, 5.41) is 3.16. The second kappa shape index (κ2) is 7.60. The van der Waals surface area contributed by atoms with Gasteiger partial charge in [0.05, 0.1) is 5.54 Å². The van der Waals surface area contributed by atoms with E-state index in [0.717, 1.165) is 5.56 Å². The predicted molar refractivity (Wildman–Crippen MR) is 86.8 cm³/mol. The predicted octanol–water partition coefficient (Wildman–Crippen LogP) is 3.34. The van der Waals surface area contributed by atoms with Crippen LogP contribution in [0.3, 0.4) is 0 Å². The van der Waals surface area contributed by atoms with Crippen LogP contribution >= 0.6 is 0 Å². The molecule has 0 bridgehead atoms. The number of amides is 1. The Hall–Kier alpha value is -1.35. The van der Waals surface area contributed by atoms with Gasteiger partial charge in [-0.2, -0.15) is 0 Å². The van der Waals surface area contributed by atoms with E-state index in [4.69, 9.17) is 5.73 Å². The summed E-state index contributed by atoms with van der Waals surface area (Å²) in [5.41, 5.74) is 6.53. The van der Waals surface area contributed by atoms with Gasteiger partial charge in [-0.3, -0.25) is 4.79 Å². The van der Waals surface area contributed by atoms with Crippen molar-refractivity contribution < 1.29 is 4.79 Å². The molecule has 3 N–H and O–H groups in total. The molecule has 116 valence electrons. The second-order valence-corrected chi connectivity index (χ2v) is 6.51. The number of nitrogens with one attached hydrogen (secondary N) is 1. The van der Waals surface area contributed by atoms with Gasteiger partial charge in [-0.15, -0.1) is 0 Å². The van der Waals surface area contributed by atoms with Gasteiger partial charge < -0.3 is 11.1 Å². The smallest absolute Gasteiger partial charge is 0.221 e. The molecule has 1 aromatic rings. The van der Waals surface area contributed by atoms with Crippen LogP contribution in [0.25, 0.3) is 0 Å². The summed E-state index contributed by atoms with van der Waals surface area (Å²) in [6.45, 7) is 2.42. The maximum Gasteiger partial charge on any atom is 0.221 e. The molecule has 1 atom stereocenters. The summed E-state index contributed by atoms with van der Waals surface area (Å²) in [6.07, 6.45) is 8.21. The summed E-state index contributed by atoms with van der Waals surface area (Å²) in [5.74, 6) is 0.684. The molecule has 3 nitrogen and oxygen atoms in total. The minimum absolute atomic E-state index is 0.138. The molecule has 1 aliphatic carbocycles. The van der Waals surface area contributed by atoms with E-state index in [9.17, 15) is 4.79 Å². The average molecular weight is 288 g/mol. The van der Waals surface area contributed by atoms with Crippen molar-refractivity contribution in [2.24, 2.45) is 11.7 Å². The fraction of sp³-hybridized carbons (Fsp3) is 0.611. The Kier molecular flexibility index (Phi) is 5.80. The number of carbonyl (C=O) groups excluding carboxylic acids is 1. The molecular formula is C18H28N2O. The summed E-state index contributed by atoms with van der Waals surface area (Å²) in [6, 6.07) is 10.0. The maximum absolute atomic E-state index is 12.4. The first-order valence-corrected chi connectivity index (χ1v) is 8.20. The summed E-state index contributed by atoms with van der Waals surface area (Å²) < 4.78 is 0. The van der Waals surface area contributed by atoms with Crippen molar-refractivity contribution in [3.63, 3.8) is 0 Å². The van der Waals surface area contributed by atoms with Crippen LogP contribution in [0.1, 0.15) is 57.4 Å². The Morgan fingerprint density at radius 3 is 2.38 bits per heavy atom. The van der Waals surface area contributed by atoms with E-state index in [0.29, 0.717) is 18.9 Å². The third-order valence-corrected chi connectivity index (χ3v) is 4.68. The van der Waals surface area contributed by atoms with Crippen molar-refractivity contribution in [3.05, 3.63) is 35.9 Å². The Morgan fingerprint density at radius 1 is 1.19 bits per heavy atom. The fourth-order valence-corrected chi connectivity index (χ4v) is 3.24. The monoisotopic (exact) mass is 288 g/mol. The molecule has 21 heavy (non-hydrogen) atoms. The highest BCUT2D eigenvalue weighted by Gasteiger charge is 2.27. The molecule has 0 saturated heterocycles. The highest BCUT2D eigenvalue weighted by atomic mass is 16.1. The summed E-state index contributed by atoms with van der Waals surface area (Å²) >= 11 is 0. The molecule has 1 aliphatic rings. The van der Waals surface area contributed by atoms with Gasteiger partial charge >= 0.3 is 0 Å². The van der Waals surface area contributed by atoms with Crippen LogP contribution < -0.4 is 11.1 Å². The normalized spacial score (nSPS) is 19.5. The van der Waals surface area contributed by atoms with Crippen LogP contribution in [0.15, 0.2) is 30.3 Å². The van der Waals surface area contributed by atoms with E-state index in [-0.39, 0.29) is 5.91 Å². The Labute approximate surface area is 128 Å².